The molecule has 0 bridgehead atoms. The van der Waals surface area contributed by atoms with Crippen LogP contribution in [0.15, 0.2) is 59.5 Å². The Balaban J connectivity index is 1.90. The summed E-state index contributed by atoms with van der Waals surface area (Å²) in [6.07, 6.45) is 0.931. The van der Waals surface area contributed by atoms with Crippen LogP contribution in [0.3, 0.4) is 0 Å². The van der Waals surface area contributed by atoms with Gasteiger partial charge in [-0.25, -0.2) is 0 Å². The molecule has 0 saturated heterocycles. The molecule has 0 N–H and O–H groups in total. The number of hydrogen-bond donors (Lipinski definition) is 0. The molecule has 0 heterocycles. The smallest absolute Gasteiger partial charge is 0.210 e. The van der Waals surface area contributed by atoms with Crippen molar-refractivity contribution in [2.75, 3.05) is 19.4 Å². The lowest BCUT2D eigenvalue weighted by atomic mass is 10.1. The van der Waals surface area contributed by atoms with Gasteiger partial charge in [-0.1, -0.05) is 30.3 Å². The van der Waals surface area contributed by atoms with E-state index in [1.807, 2.05) is 54.3 Å². The number of thioether (sulfide) groups is 1. The van der Waals surface area contributed by atoms with E-state index in [1.54, 1.807) is 18.9 Å². The topological polar surface area (TPSA) is 29.5 Å². The van der Waals surface area contributed by atoms with E-state index in [0.717, 1.165) is 30.0 Å². The fourth-order valence-electron chi connectivity index (χ4n) is 2.20. The third kappa shape index (κ3) is 4.53. The first kappa shape index (κ1) is 16.4. The van der Waals surface area contributed by atoms with Gasteiger partial charge in [-0.2, -0.15) is 0 Å². The van der Waals surface area contributed by atoms with Crippen molar-refractivity contribution in [3.63, 3.8) is 0 Å². The average molecular weight is 315 g/mol. The van der Waals surface area contributed by atoms with E-state index in [0.29, 0.717) is 0 Å². The maximum absolute atomic E-state index is 11.4. The third-order valence-electron chi connectivity index (χ3n) is 3.59. The molecule has 4 heteroatoms. The summed E-state index contributed by atoms with van der Waals surface area (Å²) in [4.78, 5) is 14.4. The Morgan fingerprint density at radius 1 is 1.14 bits per heavy atom. The predicted molar refractivity (Wildman–Crippen MR) is 91.3 cm³/mol. The normalized spacial score (nSPS) is 11.7. The Bertz CT molecular complexity index is 571. The second-order valence-electron chi connectivity index (χ2n) is 4.95. The lowest BCUT2D eigenvalue weighted by Crippen LogP contribution is -2.27. The number of methoxy groups -OCH3 is 1. The molecule has 2 rings (SSSR count). The van der Waals surface area contributed by atoms with Crippen molar-refractivity contribution in [3.05, 3.63) is 60.2 Å². The molecular weight excluding hydrogens is 294 g/mol. The first-order chi connectivity index (χ1) is 10.7. The highest BCUT2D eigenvalue weighted by Crippen LogP contribution is 2.23. The summed E-state index contributed by atoms with van der Waals surface area (Å²) in [5, 5.41) is 0. The molecule has 22 heavy (non-hydrogen) atoms. The van der Waals surface area contributed by atoms with E-state index in [2.05, 4.69) is 12.1 Å². The van der Waals surface area contributed by atoms with Crippen LogP contribution < -0.4 is 4.74 Å². The highest BCUT2D eigenvalue weighted by Gasteiger charge is 2.13. The monoisotopic (exact) mass is 315 g/mol. The molecule has 0 spiro atoms. The van der Waals surface area contributed by atoms with Crippen LogP contribution in [0, 0.1) is 0 Å². The Kier molecular flexibility index (Phi) is 6.34. The summed E-state index contributed by atoms with van der Waals surface area (Å²) in [5.74, 6) is 1.71. The lowest BCUT2D eigenvalue weighted by Gasteiger charge is -2.25. The van der Waals surface area contributed by atoms with Crippen molar-refractivity contribution in [3.8, 4) is 5.75 Å². The van der Waals surface area contributed by atoms with Crippen LogP contribution in [-0.2, 0) is 4.79 Å². The number of benzene rings is 2. The molecule has 0 aliphatic rings. The molecule has 2 aromatic carbocycles. The summed E-state index contributed by atoms with van der Waals surface area (Å²) >= 11 is 1.76. The molecule has 0 radical (unpaired) electrons. The van der Waals surface area contributed by atoms with E-state index >= 15 is 0 Å². The predicted octanol–water partition coefficient (Wildman–Crippen LogP) is 4.01. The van der Waals surface area contributed by atoms with Crippen LogP contribution in [0.2, 0.25) is 0 Å². The zero-order chi connectivity index (χ0) is 15.8. The van der Waals surface area contributed by atoms with Crippen LogP contribution in [0.25, 0.3) is 0 Å². The van der Waals surface area contributed by atoms with Gasteiger partial charge in [0.25, 0.3) is 0 Å². The number of rotatable bonds is 8. The van der Waals surface area contributed by atoms with Crippen molar-refractivity contribution in [2.45, 2.75) is 17.9 Å². The second kappa shape index (κ2) is 8.49. The van der Waals surface area contributed by atoms with Crippen molar-refractivity contribution >= 4 is 18.2 Å². The standard InChI is InChI=1S/C18H21NO2S/c1-15(16-8-10-17(21-2)11-9-16)19(14-20)12-13-22-18-6-4-3-5-7-18/h3-11,14-15H,12-13H2,1-2H3. The minimum absolute atomic E-state index is 0.0554. The molecule has 0 fully saturated rings. The largest absolute Gasteiger partial charge is 0.497 e. The molecule has 2 aromatic rings. The number of carbonyl (C=O) groups is 1. The summed E-state index contributed by atoms with van der Waals surface area (Å²) in [7, 11) is 1.65. The minimum Gasteiger partial charge on any atom is -0.497 e. The molecule has 0 saturated carbocycles. The van der Waals surface area contributed by atoms with E-state index in [-0.39, 0.29) is 6.04 Å². The number of amides is 1. The summed E-state index contributed by atoms with van der Waals surface area (Å²) in [6, 6.07) is 18.1. The fourth-order valence-corrected chi connectivity index (χ4v) is 3.08. The van der Waals surface area contributed by atoms with Crippen molar-refractivity contribution in [1.29, 1.82) is 0 Å². The Morgan fingerprint density at radius 3 is 2.41 bits per heavy atom. The zero-order valence-corrected chi connectivity index (χ0v) is 13.8. The number of ether oxygens (including phenoxy) is 1. The summed E-state index contributed by atoms with van der Waals surface area (Å²) in [6.45, 7) is 2.76. The SMILES string of the molecule is COc1ccc(C(C)N(C=O)CCSc2ccccc2)cc1. The summed E-state index contributed by atoms with van der Waals surface area (Å²) < 4.78 is 5.16. The molecule has 1 unspecified atom stereocenters. The van der Waals surface area contributed by atoms with Gasteiger partial charge in [0.15, 0.2) is 0 Å². The average Bonchev–Trinajstić information content (AvgIpc) is 2.59. The Hall–Kier alpha value is -1.94. The van der Waals surface area contributed by atoms with Gasteiger partial charge in [0.05, 0.1) is 13.2 Å². The number of carbonyl (C=O) groups excluding carboxylic acids is 1. The van der Waals surface area contributed by atoms with E-state index in [9.17, 15) is 4.79 Å². The van der Waals surface area contributed by atoms with Crippen molar-refractivity contribution in [2.24, 2.45) is 0 Å². The molecule has 116 valence electrons. The quantitative estimate of drug-likeness (QED) is 0.544. The van der Waals surface area contributed by atoms with Crippen LogP contribution in [0.4, 0.5) is 0 Å². The van der Waals surface area contributed by atoms with Gasteiger partial charge in [0.2, 0.25) is 6.41 Å². The number of hydrogen-bond acceptors (Lipinski definition) is 3. The molecule has 1 amide bonds. The summed E-state index contributed by atoms with van der Waals surface area (Å²) in [5.41, 5.74) is 1.11. The fraction of sp³-hybridized carbons (Fsp3) is 0.278. The maximum Gasteiger partial charge on any atom is 0.210 e. The minimum atomic E-state index is 0.0554. The van der Waals surface area contributed by atoms with Gasteiger partial charge in [0, 0.05) is 17.2 Å². The maximum atomic E-state index is 11.4. The van der Waals surface area contributed by atoms with Gasteiger partial charge in [0.1, 0.15) is 5.75 Å². The zero-order valence-electron chi connectivity index (χ0n) is 12.9. The van der Waals surface area contributed by atoms with Crippen LogP contribution in [0.1, 0.15) is 18.5 Å². The second-order valence-corrected chi connectivity index (χ2v) is 6.12. The van der Waals surface area contributed by atoms with Gasteiger partial charge in [-0.15, -0.1) is 11.8 Å². The lowest BCUT2D eigenvalue weighted by molar-refractivity contribution is -0.119. The Morgan fingerprint density at radius 2 is 1.82 bits per heavy atom. The van der Waals surface area contributed by atoms with Crippen molar-refractivity contribution < 1.29 is 9.53 Å². The van der Waals surface area contributed by atoms with E-state index in [1.165, 1.54) is 4.90 Å². The van der Waals surface area contributed by atoms with E-state index < -0.39 is 0 Å². The van der Waals surface area contributed by atoms with Crippen LogP contribution in [0.5, 0.6) is 5.75 Å². The highest BCUT2D eigenvalue weighted by atomic mass is 32.2. The van der Waals surface area contributed by atoms with Crippen LogP contribution in [-0.4, -0.2) is 30.7 Å². The molecular formula is C18H21NO2S. The first-order valence-electron chi connectivity index (χ1n) is 7.27. The molecule has 1 atom stereocenters. The van der Waals surface area contributed by atoms with Gasteiger partial charge < -0.3 is 9.64 Å². The van der Waals surface area contributed by atoms with Gasteiger partial charge in [-0.05, 0) is 36.8 Å². The molecule has 0 aliphatic carbocycles. The Labute approximate surface area is 136 Å². The number of nitrogens with zero attached hydrogens (tertiary/aromatic N) is 1. The highest BCUT2D eigenvalue weighted by molar-refractivity contribution is 7.99. The molecule has 0 aromatic heterocycles. The van der Waals surface area contributed by atoms with Gasteiger partial charge in [-0.3, -0.25) is 4.79 Å². The molecule has 3 nitrogen and oxygen atoms in total. The molecule has 0 aliphatic heterocycles. The van der Waals surface area contributed by atoms with E-state index in [4.69, 9.17) is 4.74 Å². The van der Waals surface area contributed by atoms with Gasteiger partial charge >= 0.3 is 0 Å². The van der Waals surface area contributed by atoms with Crippen LogP contribution >= 0.6 is 11.8 Å². The van der Waals surface area contributed by atoms with Crippen molar-refractivity contribution in [1.82, 2.24) is 4.90 Å². The third-order valence-corrected chi connectivity index (χ3v) is 4.58. The first-order valence-corrected chi connectivity index (χ1v) is 8.26.